The molecule has 110 valence electrons. The Kier molecular flexibility index (Phi) is 5.23. The summed E-state index contributed by atoms with van der Waals surface area (Å²) in [6.07, 6.45) is 1.09. The average molecular weight is 304 g/mol. The largest absolute Gasteiger partial charge is 0.495 e. The highest BCUT2D eigenvalue weighted by molar-refractivity contribution is 6.30. The molecule has 0 aliphatic carbocycles. The molecule has 1 amide bonds. The number of anilines is 1. The lowest BCUT2D eigenvalue weighted by Gasteiger charge is -2.11. The molecule has 2 aromatic carbocycles. The highest BCUT2D eigenvalue weighted by Crippen LogP contribution is 2.25. The minimum absolute atomic E-state index is 0.0335. The predicted molar refractivity (Wildman–Crippen MR) is 86.1 cm³/mol. The van der Waals surface area contributed by atoms with Crippen molar-refractivity contribution in [3.8, 4) is 5.75 Å². The molecule has 2 aromatic rings. The van der Waals surface area contributed by atoms with E-state index in [1.807, 2.05) is 49.4 Å². The quantitative estimate of drug-likeness (QED) is 0.897. The molecule has 0 heterocycles. The molecule has 21 heavy (non-hydrogen) atoms. The molecule has 0 aliphatic heterocycles. The van der Waals surface area contributed by atoms with Crippen LogP contribution in [-0.2, 0) is 11.2 Å². The minimum atomic E-state index is -0.0335. The summed E-state index contributed by atoms with van der Waals surface area (Å²) in [4.78, 5) is 12.0. The van der Waals surface area contributed by atoms with Crippen LogP contribution in [0.15, 0.2) is 42.5 Å². The molecular formula is C17H18ClNO2. The van der Waals surface area contributed by atoms with Crippen LogP contribution in [0.3, 0.4) is 0 Å². The first kappa shape index (κ1) is 15.4. The number of nitrogens with one attached hydrogen (secondary N) is 1. The highest BCUT2D eigenvalue weighted by Gasteiger charge is 2.08. The molecule has 4 heteroatoms. The first-order chi connectivity index (χ1) is 10.1. The van der Waals surface area contributed by atoms with Gasteiger partial charge in [-0.2, -0.15) is 0 Å². The molecule has 0 bridgehead atoms. The molecule has 0 saturated carbocycles. The summed E-state index contributed by atoms with van der Waals surface area (Å²) in [6, 6.07) is 13.2. The topological polar surface area (TPSA) is 38.3 Å². The van der Waals surface area contributed by atoms with Crippen molar-refractivity contribution in [1.29, 1.82) is 0 Å². The molecule has 0 atom stereocenters. The van der Waals surface area contributed by atoms with Gasteiger partial charge in [0.25, 0.3) is 0 Å². The maximum absolute atomic E-state index is 12.0. The van der Waals surface area contributed by atoms with Gasteiger partial charge in [-0.15, -0.1) is 0 Å². The lowest BCUT2D eigenvalue weighted by atomic mass is 10.1. The van der Waals surface area contributed by atoms with E-state index in [0.717, 1.165) is 11.1 Å². The number of aryl methyl sites for hydroxylation is 2. The van der Waals surface area contributed by atoms with E-state index in [2.05, 4.69) is 5.32 Å². The van der Waals surface area contributed by atoms with Gasteiger partial charge in [0.2, 0.25) is 5.91 Å². The van der Waals surface area contributed by atoms with Crippen molar-refractivity contribution in [3.05, 3.63) is 58.6 Å². The number of halogens is 1. The zero-order valence-electron chi connectivity index (χ0n) is 12.2. The average Bonchev–Trinajstić information content (AvgIpc) is 2.47. The highest BCUT2D eigenvalue weighted by atomic mass is 35.5. The van der Waals surface area contributed by atoms with E-state index in [-0.39, 0.29) is 5.91 Å². The second-order valence-electron chi connectivity index (χ2n) is 4.88. The molecule has 0 saturated heterocycles. The van der Waals surface area contributed by atoms with Crippen molar-refractivity contribution in [2.24, 2.45) is 0 Å². The van der Waals surface area contributed by atoms with E-state index in [1.165, 1.54) is 0 Å². The molecule has 0 aliphatic rings. The van der Waals surface area contributed by atoms with E-state index in [0.29, 0.717) is 29.3 Å². The Morgan fingerprint density at radius 1 is 1.19 bits per heavy atom. The number of benzene rings is 2. The normalized spacial score (nSPS) is 10.2. The summed E-state index contributed by atoms with van der Waals surface area (Å²) in [5.74, 6) is 0.634. The number of hydrogen-bond donors (Lipinski definition) is 1. The minimum Gasteiger partial charge on any atom is -0.495 e. The lowest BCUT2D eigenvalue weighted by molar-refractivity contribution is -0.116. The van der Waals surface area contributed by atoms with Crippen LogP contribution in [0.5, 0.6) is 5.75 Å². The second-order valence-corrected chi connectivity index (χ2v) is 5.31. The van der Waals surface area contributed by atoms with Gasteiger partial charge in [-0.25, -0.2) is 0 Å². The van der Waals surface area contributed by atoms with E-state index < -0.39 is 0 Å². The molecule has 0 fully saturated rings. The summed E-state index contributed by atoms with van der Waals surface area (Å²) in [6.45, 7) is 1.98. The number of rotatable bonds is 5. The van der Waals surface area contributed by atoms with Gasteiger partial charge in [0.15, 0.2) is 0 Å². The molecule has 0 unspecified atom stereocenters. The number of carbonyl (C=O) groups is 1. The Balaban J connectivity index is 1.95. The van der Waals surface area contributed by atoms with Crippen LogP contribution in [0.4, 0.5) is 5.69 Å². The zero-order chi connectivity index (χ0) is 15.2. The fourth-order valence-electron chi connectivity index (χ4n) is 2.04. The Morgan fingerprint density at radius 3 is 2.57 bits per heavy atom. The molecule has 1 N–H and O–H groups in total. The fourth-order valence-corrected chi connectivity index (χ4v) is 2.17. The molecule has 2 rings (SSSR count). The Hall–Kier alpha value is -2.00. The van der Waals surface area contributed by atoms with Crippen LogP contribution in [0, 0.1) is 6.92 Å². The molecule has 0 spiro atoms. The number of amides is 1. The summed E-state index contributed by atoms with van der Waals surface area (Å²) in [7, 11) is 1.59. The Morgan fingerprint density at radius 2 is 1.90 bits per heavy atom. The number of carbonyl (C=O) groups excluding carboxylic acids is 1. The fraction of sp³-hybridized carbons (Fsp3) is 0.235. The van der Waals surface area contributed by atoms with Crippen molar-refractivity contribution in [1.82, 2.24) is 0 Å². The van der Waals surface area contributed by atoms with Crippen molar-refractivity contribution in [3.63, 3.8) is 0 Å². The van der Waals surface area contributed by atoms with E-state index in [4.69, 9.17) is 16.3 Å². The van der Waals surface area contributed by atoms with Crippen LogP contribution < -0.4 is 10.1 Å². The third kappa shape index (κ3) is 4.50. The van der Waals surface area contributed by atoms with Gasteiger partial charge < -0.3 is 10.1 Å². The second kappa shape index (κ2) is 7.14. The van der Waals surface area contributed by atoms with Gasteiger partial charge in [-0.1, -0.05) is 29.8 Å². The number of ether oxygens (including phenoxy) is 1. The summed E-state index contributed by atoms with van der Waals surface area (Å²) < 4.78 is 5.25. The maximum atomic E-state index is 12.0. The summed E-state index contributed by atoms with van der Waals surface area (Å²) in [5.41, 5.74) is 2.87. The molecule has 0 radical (unpaired) electrons. The van der Waals surface area contributed by atoms with Gasteiger partial charge in [0.05, 0.1) is 12.8 Å². The Labute approximate surface area is 129 Å². The van der Waals surface area contributed by atoms with Gasteiger partial charge in [0, 0.05) is 11.4 Å². The van der Waals surface area contributed by atoms with Crippen LogP contribution >= 0.6 is 11.6 Å². The number of hydrogen-bond acceptors (Lipinski definition) is 2. The van der Waals surface area contributed by atoms with Crippen molar-refractivity contribution >= 4 is 23.2 Å². The van der Waals surface area contributed by atoms with Crippen LogP contribution in [0.25, 0.3) is 0 Å². The van der Waals surface area contributed by atoms with Gasteiger partial charge in [0.1, 0.15) is 5.75 Å². The third-order valence-electron chi connectivity index (χ3n) is 3.18. The smallest absolute Gasteiger partial charge is 0.224 e. The van der Waals surface area contributed by atoms with Crippen molar-refractivity contribution in [2.75, 3.05) is 12.4 Å². The van der Waals surface area contributed by atoms with E-state index in [9.17, 15) is 4.79 Å². The van der Waals surface area contributed by atoms with Crippen LogP contribution in [0.2, 0.25) is 5.02 Å². The van der Waals surface area contributed by atoms with E-state index in [1.54, 1.807) is 7.11 Å². The standard InChI is InChI=1S/C17H18ClNO2/c1-12-3-9-16(21-2)15(11-12)19-17(20)10-6-13-4-7-14(18)8-5-13/h3-5,7-9,11H,6,10H2,1-2H3,(H,19,20). The maximum Gasteiger partial charge on any atom is 0.224 e. The van der Waals surface area contributed by atoms with Crippen LogP contribution in [-0.4, -0.2) is 13.0 Å². The molecular weight excluding hydrogens is 286 g/mol. The SMILES string of the molecule is COc1ccc(C)cc1NC(=O)CCc1ccc(Cl)cc1. The van der Waals surface area contributed by atoms with Gasteiger partial charge in [-0.05, 0) is 48.7 Å². The van der Waals surface area contributed by atoms with Crippen molar-refractivity contribution < 1.29 is 9.53 Å². The van der Waals surface area contributed by atoms with Crippen molar-refractivity contribution in [2.45, 2.75) is 19.8 Å². The third-order valence-corrected chi connectivity index (χ3v) is 3.44. The van der Waals surface area contributed by atoms with Crippen LogP contribution in [0.1, 0.15) is 17.5 Å². The molecule has 3 nitrogen and oxygen atoms in total. The van der Waals surface area contributed by atoms with Gasteiger partial charge in [-0.3, -0.25) is 4.79 Å². The van der Waals surface area contributed by atoms with E-state index >= 15 is 0 Å². The Bertz CT molecular complexity index is 623. The van der Waals surface area contributed by atoms with Gasteiger partial charge >= 0.3 is 0 Å². The summed E-state index contributed by atoms with van der Waals surface area (Å²) in [5, 5.41) is 3.60. The lowest BCUT2D eigenvalue weighted by Crippen LogP contribution is -2.13. The zero-order valence-corrected chi connectivity index (χ0v) is 12.9. The molecule has 0 aromatic heterocycles. The first-order valence-electron chi connectivity index (χ1n) is 6.77. The predicted octanol–water partition coefficient (Wildman–Crippen LogP) is 4.23. The monoisotopic (exact) mass is 303 g/mol. The first-order valence-corrected chi connectivity index (χ1v) is 7.15. The summed E-state index contributed by atoms with van der Waals surface area (Å²) >= 11 is 5.84. The number of methoxy groups -OCH3 is 1.